The van der Waals surface area contributed by atoms with E-state index >= 15 is 0 Å². The van der Waals surface area contributed by atoms with Gasteiger partial charge in [0, 0.05) is 31.1 Å². The molecule has 0 saturated heterocycles. The summed E-state index contributed by atoms with van der Waals surface area (Å²) in [6.45, 7) is 1.51. The van der Waals surface area contributed by atoms with Crippen molar-refractivity contribution in [2.24, 2.45) is 0 Å². The van der Waals surface area contributed by atoms with E-state index in [1.807, 2.05) is 0 Å². The van der Waals surface area contributed by atoms with E-state index in [0.29, 0.717) is 17.5 Å². The van der Waals surface area contributed by atoms with E-state index in [1.165, 1.54) is 23.3 Å². The standard InChI is InChI=1S/C16H15ClN2O2/c17-16-8-14(19(20)21)6-5-12(16)9-18-10-13-7-11-3-1-2-4-15(11)13/h1-6,8,13,18H,7,9-10H2. The van der Waals surface area contributed by atoms with Crippen LogP contribution in [0.4, 0.5) is 5.69 Å². The highest BCUT2D eigenvalue weighted by molar-refractivity contribution is 6.31. The van der Waals surface area contributed by atoms with Crippen LogP contribution in [0, 0.1) is 10.1 Å². The van der Waals surface area contributed by atoms with E-state index in [9.17, 15) is 10.1 Å². The molecule has 0 bridgehead atoms. The van der Waals surface area contributed by atoms with E-state index in [4.69, 9.17) is 11.6 Å². The van der Waals surface area contributed by atoms with Crippen LogP contribution >= 0.6 is 11.6 Å². The van der Waals surface area contributed by atoms with E-state index < -0.39 is 4.92 Å². The number of fused-ring (bicyclic) bond motifs is 1. The normalized spacial score (nSPS) is 16.1. The minimum absolute atomic E-state index is 0.0247. The summed E-state index contributed by atoms with van der Waals surface area (Å²) in [6.07, 6.45) is 1.11. The number of benzene rings is 2. The highest BCUT2D eigenvalue weighted by atomic mass is 35.5. The molecule has 1 aliphatic rings. The fourth-order valence-electron chi connectivity index (χ4n) is 2.72. The molecule has 0 saturated carbocycles. The zero-order chi connectivity index (χ0) is 14.8. The molecule has 0 aromatic heterocycles. The van der Waals surface area contributed by atoms with Crippen molar-refractivity contribution in [1.82, 2.24) is 5.32 Å². The zero-order valence-corrected chi connectivity index (χ0v) is 12.1. The number of rotatable bonds is 5. The Balaban J connectivity index is 1.56. The molecular formula is C16H15ClN2O2. The van der Waals surface area contributed by atoms with Crippen molar-refractivity contribution in [3.8, 4) is 0 Å². The van der Waals surface area contributed by atoms with Gasteiger partial charge in [-0.25, -0.2) is 0 Å². The molecule has 1 atom stereocenters. The average molecular weight is 303 g/mol. The van der Waals surface area contributed by atoms with E-state index in [-0.39, 0.29) is 5.69 Å². The van der Waals surface area contributed by atoms with Crippen LogP contribution in [0.3, 0.4) is 0 Å². The molecule has 5 heteroatoms. The summed E-state index contributed by atoms with van der Waals surface area (Å²) < 4.78 is 0. The number of halogens is 1. The molecule has 0 aliphatic heterocycles. The lowest BCUT2D eigenvalue weighted by atomic mass is 9.77. The van der Waals surface area contributed by atoms with Crippen molar-refractivity contribution in [3.05, 3.63) is 74.3 Å². The number of nitro groups is 1. The Hall–Kier alpha value is -1.91. The van der Waals surface area contributed by atoms with Gasteiger partial charge in [0.2, 0.25) is 0 Å². The lowest BCUT2D eigenvalue weighted by molar-refractivity contribution is -0.384. The Morgan fingerprint density at radius 3 is 2.81 bits per heavy atom. The Kier molecular flexibility index (Phi) is 3.90. The summed E-state index contributed by atoms with van der Waals surface area (Å²) in [5, 5.41) is 14.5. The van der Waals surface area contributed by atoms with Gasteiger partial charge in [0.05, 0.1) is 9.95 Å². The highest BCUT2D eigenvalue weighted by Gasteiger charge is 2.24. The van der Waals surface area contributed by atoms with Crippen molar-refractivity contribution in [2.75, 3.05) is 6.54 Å². The number of hydrogen-bond donors (Lipinski definition) is 1. The van der Waals surface area contributed by atoms with Crippen molar-refractivity contribution in [1.29, 1.82) is 0 Å². The van der Waals surface area contributed by atoms with Crippen LogP contribution in [0.1, 0.15) is 22.6 Å². The largest absolute Gasteiger partial charge is 0.312 e. The lowest BCUT2D eigenvalue weighted by Crippen LogP contribution is -2.28. The van der Waals surface area contributed by atoms with E-state index in [2.05, 4.69) is 29.6 Å². The molecule has 2 aromatic carbocycles. The second-order valence-electron chi connectivity index (χ2n) is 5.26. The minimum atomic E-state index is -0.436. The second kappa shape index (κ2) is 5.84. The molecule has 3 rings (SSSR count). The molecule has 0 radical (unpaired) electrons. The first-order chi connectivity index (χ1) is 10.1. The van der Waals surface area contributed by atoms with Gasteiger partial charge in [-0.3, -0.25) is 10.1 Å². The average Bonchev–Trinajstić information content (AvgIpc) is 2.45. The van der Waals surface area contributed by atoms with Crippen molar-refractivity contribution >= 4 is 17.3 Å². The molecule has 1 N–H and O–H groups in total. The Bertz CT molecular complexity index is 688. The summed E-state index contributed by atoms with van der Waals surface area (Å²) in [6, 6.07) is 13.1. The molecule has 1 aliphatic carbocycles. The molecule has 0 fully saturated rings. The molecule has 108 valence electrons. The van der Waals surface area contributed by atoms with Crippen molar-refractivity contribution < 1.29 is 4.92 Å². The van der Waals surface area contributed by atoms with Gasteiger partial charge in [0.1, 0.15) is 0 Å². The number of hydrogen-bond acceptors (Lipinski definition) is 3. The van der Waals surface area contributed by atoms with E-state index in [1.54, 1.807) is 6.07 Å². The van der Waals surface area contributed by atoms with Gasteiger partial charge in [0.15, 0.2) is 0 Å². The first-order valence-electron chi connectivity index (χ1n) is 6.86. The van der Waals surface area contributed by atoms with Crippen LogP contribution in [0.25, 0.3) is 0 Å². The lowest BCUT2D eigenvalue weighted by Gasteiger charge is -2.30. The molecule has 4 nitrogen and oxygen atoms in total. The monoisotopic (exact) mass is 302 g/mol. The number of nitrogens with zero attached hydrogens (tertiary/aromatic N) is 1. The van der Waals surface area contributed by atoms with Gasteiger partial charge < -0.3 is 5.32 Å². The Labute approximate surface area is 127 Å². The predicted octanol–water partition coefficient (Wildman–Crippen LogP) is 3.68. The molecule has 1 unspecified atom stereocenters. The van der Waals surface area contributed by atoms with Gasteiger partial charge >= 0.3 is 0 Å². The first kappa shape index (κ1) is 14.0. The smallest absolute Gasteiger partial charge is 0.270 e. The molecular weight excluding hydrogens is 288 g/mol. The topological polar surface area (TPSA) is 55.2 Å². The van der Waals surface area contributed by atoms with Crippen LogP contribution in [0.15, 0.2) is 42.5 Å². The Morgan fingerprint density at radius 1 is 1.29 bits per heavy atom. The number of non-ortho nitro benzene ring substituents is 1. The van der Waals surface area contributed by atoms with Gasteiger partial charge in [-0.05, 0) is 29.2 Å². The maximum Gasteiger partial charge on any atom is 0.270 e. The van der Waals surface area contributed by atoms with Gasteiger partial charge in [-0.2, -0.15) is 0 Å². The van der Waals surface area contributed by atoms with Crippen LogP contribution in [0.5, 0.6) is 0 Å². The van der Waals surface area contributed by atoms with Crippen LogP contribution in [0.2, 0.25) is 5.02 Å². The van der Waals surface area contributed by atoms with Crippen molar-refractivity contribution in [2.45, 2.75) is 18.9 Å². The molecule has 0 heterocycles. The summed E-state index contributed by atoms with van der Waals surface area (Å²) in [5.74, 6) is 0.554. The quantitative estimate of drug-likeness (QED) is 0.677. The molecule has 0 amide bonds. The van der Waals surface area contributed by atoms with Crippen LogP contribution in [-0.4, -0.2) is 11.5 Å². The summed E-state index contributed by atoms with van der Waals surface area (Å²) in [7, 11) is 0. The van der Waals surface area contributed by atoms with E-state index in [0.717, 1.165) is 18.5 Å². The third-order valence-electron chi connectivity index (χ3n) is 3.91. The first-order valence-corrected chi connectivity index (χ1v) is 7.24. The Morgan fingerprint density at radius 2 is 2.10 bits per heavy atom. The fraction of sp³-hybridized carbons (Fsp3) is 0.250. The second-order valence-corrected chi connectivity index (χ2v) is 5.67. The summed E-state index contributed by atoms with van der Waals surface area (Å²) in [4.78, 5) is 10.2. The zero-order valence-electron chi connectivity index (χ0n) is 11.4. The maximum atomic E-state index is 10.7. The number of nitro benzene ring substituents is 1. The number of nitrogens with one attached hydrogen (secondary N) is 1. The maximum absolute atomic E-state index is 10.7. The molecule has 21 heavy (non-hydrogen) atoms. The van der Waals surface area contributed by atoms with Gasteiger partial charge in [0.25, 0.3) is 5.69 Å². The minimum Gasteiger partial charge on any atom is -0.312 e. The highest BCUT2D eigenvalue weighted by Crippen LogP contribution is 2.34. The van der Waals surface area contributed by atoms with Crippen LogP contribution in [-0.2, 0) is 13.0 Å². The van der Waals surface area contributed by atoms with Gasteiger partial charge in [-0.15, -0.1) is 0 Å². The van der Waals surface area contributed by atoms with Crippen molar-refractivity contribution in [3.63, 3.8) is 0 Å². The molecule has 0 spiro atoms. The predicted molar refractivity (Wildman–Crippen MR) is 82.7 cm³/mol. The molecule has 2 aromatic rings. The third kappa shape index (κ3) is 2.91. The summed E-state index contributed by atoms with van der Waals surface area (Å²) >= 11 is 6.07. The fourth-order valence-corrected chi connectivity index (χ4v) is 2.96. The van der Waals surface area contributed by atoms with Gasteiger partial charge in [-0.1, -0.05) is 35.9 Å². The summed E-state index contributed by atoms with van der Waals surface area (Å²) in [5.41, 5.74) is 3.75. The third-order valence-corrected chi connectivity index (χ3v) is 4.27. The van der Waals surface area contributed by atoms with Crippen LogP contribution < -0.4 is 5.32 Å². The SMILES string of the molecule is O=[N+]([O-])c1ccc(CNCC2Cc3ccccc32)c(Cl)c1.